The molecule has 0 amide bonds. The number of nitrogens with one attached hydrogen (secondary N) is 1. The Kier molecular flexibility index (Phi) is 3.96. The van der Waals surface area contributed by atoms with Gasteiger partial charge >= 0.3 is 0 Å². The van der Waals surface area contributed by atoms with Crippen LogP contribution in [0.3, 0.4) is 0 Å². The number of nitrogens with zero attached hydrogens (tertiary/aromatic N) is 6. The van der Waals surface area contributed by atoms with Crippen molar-refractivity contribution in [3.63, 3.8) is 0 Å². The largest absolute Gasteiger partial charge is 0.387 e. The maximum Gasteiger partial charge on any atom is 0.205 e. The topological polar surface area (TPSA) is 71.2 Å². The van der Waals surface area contributed by atoms with E-state index in [1.807, 2.05) is 46.8 Å². The summed E-state index contributed by atoms with van der Waals surface area (Å²) in [5.74, 6) is 0.698. The number of fused-ring (bicyclic) bond motifs is 3. The first-order valence-corrected chi connectivity index (χ1v) is 8.72. The molecule has 0 atom stereocenters. The monoisotopic (exact) mass is 397 g/mol. The fourth-order valence-electron chi connectivity index (χ4n) is 2.95. The van der Waals surface area contributed by atoms with Crippen LogP contribution in [-0.4, -0.2) is 31.6 Å². The zero-order valence-electron chi connectivity index (χ0n) is 13.8. The molecule has 0 radical (unpaired) electrons. The zero-order valence-corrected chi connectivity index (χ0v) is 15.4. The van der Waals surface area contributed by atoms with Gasteiger partial charge in [-0.05, 0) is 40.6 Å². The summed E-state index contributed by atoms with van der Waals surface area (Å²) in [6.07, 6.45) is 12.3. The number of halogens is 1. The highest BCUT2D eigenvalue weighted by Crippen LogP contribution is 2.29. The van der Waals surface area contributed by atoms with E-state index < -0.39 is 0 Å². The lowest BCUT2D eigenvalue weighted by atomic mass is 10.2. The van der Waals surface area contributed by atoms with E-state index in [0.29, 0.717) is 17.1 Å². The van der Waals surface area contributed by atoms with Crippen molar-refractivity contribution in [1.29, 1.82) is 0 Å². The second-order valence-electron chi connectivity index (χ2n) is 5.49. The number of anilines is 1. The van der Waals surface area contributed by atoms with Gasteiger partial charge in [-0.1, -0.05) is 13.0 Å². The minimum Gasteiger partial charge on any atom is -0.387 e. The van der Waals surface area contributed by atoms with E-state index in [1.54, 1.807) is 12.5 Å². The van der Waals surface area contributed by atoms with Crippen LogP contribution in [-0.2, 0) is 0 Å². The molecule has 4 heterocycles. The van der Waals surface area contributed by atoms with Crippen LogP contribution in [0.5, 0.6) is 0 Å². The van der Waals surface area contributed by atoms with E-state index in [-0.39, 0.29) is 0 Å². The standard InChI is InChI=1S/C17H16BrN7/c1-3-13-12(19-2)6-4-5-7-24(13)16-17-23-21-10-25(17)14-8-11(18)9-20-15(14)22-16/h4-10,19H,3H2,1-2H3. The number of likely N-dealkylation sites (N-methyl/N-ethyl adjacent to an activating group) is 1. The molecule has 0 bridgehead atoms. The molecule has 8 heteroatoms. The molecule has 7 nitrogen and oxygen atoms in total. The van der Waals surface area contributed by atoms with Crippen LogP contribution >= 0.6 is 15.9 Å². The number of aromatic nitrogens is 5. The van der Waals surface area contributed by atoms with Crippen molar-refractivity contribution in [2.24, 2.45) is 0 Å². The predicted octanol–water partition coefficient (Wildman–Crippen LogP) is 3.17. The minimum absolute atomic E-state index is 0.637. The van der Waals surface area contributed by atoms with Crippen LogP contribution in [0.2, 0.25) is 0 Å². The third-order valence-electron chi connectivity index (χ3n) is 4.08. The third kappa shape index (κ3) is 2.58. The van der Waals surface area contributed by atoms with Crippen LogP contribution < -0.4 is 10.2 Å². The maximum atomic E-state index is 4.78. The first-order chi connectivity index (χ1) is 12.2. The first kappa shape index (κ1) is 15.8. The lowest BCUT2D eigenvalue weighted by molar-refractivity contribution is 0.908. The zero-order chi connectivity index (χ0) is 17.4. The van der Waals surface area contributed by atoms with E-state index >= 15 is 0 Å². The van der Waals surface area contributed by atoms with Crippen molar-refractivity contribution in [2.75, 3.05) is 11.9 Å². The Balaban J connectivity index is 2.02. The fourth-order valence-corrected chi connectivity index (χ4v) is 3.27. The van der Waals surface area contributed by atoms with Gasteiger partial charge in [-0.25, -0.2) is 9.97 Å². The van der Waals surface area contributed by atoms with E-state index in [2.05, 4.69) is 43.4 Å². The number of allylic oxidation sites excluding steroid dienone is 4. The molecule has 0 saturated carbocycles. The van der Waals surface area contributed by atoms with Gasteiger partial charge in [0.1, 0.15) is 6.33 Å². The minimum atomic E-state index is 0.637. The molecule has 25 heavy (non-hydrogen) atoms. The second-order valence-corrected chi connectivity index (χ2v) is 6.41. The van der Waals surface area contributed by atoms with Gasteiger partial charge in [-0.15, -0.1) is 10.2 Å². The number of hydrogen-bond donors (Lipinski definition) is 1. The molecule has 3 aromatic rings. The highest BCUT2D eigenvalue weighted by Gasteiger charge is 2.20. The normalized spacial score (nSPS) is 14.6. The fraction of sp³-hybridized carbons (Fsp3) is 0.176. The van der Waals surface area contributed by atoms with Gasteiger partial charge in [0.05, 0.1) is 11.2 Å². The summed E-state index contributed by atoms with van der Waals surface area (Å²) in [5.41, 5.74) is 4.31. The average molecular weight is 398 g/mol. The van der Waals surface area contributed by atoms with E-state index in [1.165, 1.54) is 0 Å². The van der Waals surface area contributed by atoms with E-state index in [9.17, 15) is 0 Å². The van der Waals surface area contributed by atoms with Crippen molar-refractivity contribution in [3.8, 4) is 0 Å². The summed E-state index contributed by atoms with van der Waals surface area (Å²) in [4.78, 5) is 11.3. The summed E-state index contributed by atoms with van der Waals surface area (Å²) < 4.78 is 2.79. The number of pyridine rings is 1. The van der Waals surface area contributed by atoms with Gasteiger partial charge in [0.25, 0.3) is 0 Å². The van der Waals surface area contributed by atoms with Gasteiger partial charge in [0.2, 0.25) is 5.65 Å². The Morgan fingerprint density at radius 3 is 2.96 bits per heavy atom. The molecule has 1 aliphatic rings. The molecule has 1 aliphatic heterocycles. The lowest BCUT2D eigenvalue weighted by Gasteiger charge is -2.24. The van der Waals surface area contributed by atoms with Gasteiger partial charge in [0, 0.05) is 29.6 Å². The Morgan fingerprint density at radius 1 is 1.28 bits per heavy atom. The number of rotatable bonds is 3. The Morgan fingerprint density at radius 2 is 2.16 bits per heavy atom. The van der Waals surface area contributed by atoms with Gasteiger partial charge in [-0.2, -0.15) is 0 Å². The molecule has 0 spiro atoms. The van der Waals surface area contributed by atoms with Crippen molar-refractivity contribution in [3.05, 3.63) is 58.9 Å². The van der Waals surface area contributed by atoms with Gasteiger partial charge < -0.3 is 10.2 Å². The van der Waals surface area contributed by atoms with Crippen molar-refractivity contribution < 1.29 is 0 Å². The second kappa shape index (κ2) is 6.29. The highest BCUT2D eigenvalue weighted by atomic mass is 79.9. The molecule has 0 saturated heterocycles. The van der Waals surface area contributed by atoms with Crippen LogP contribution in [0.1, 0.15) is 13.3 Å². The Hall–Kier alpha value is -2.74. The lowest BCUT2D eigenvalue weighted by Crippen LogP contribution is -2.22. The molecule has 1 N–H and O–H groups in total. The number of hydrogen-bond acceptors (Lipinski definition) is 6. The molecule has 0 aromatic carbocycles. The van der Waals surface area contributed by atoms with Gasteiger partial charge in [-0.3, -0.25) is 4.40 Å². The SMILES string of the molecule is CCC1=C(NC)C=CC=CN1c1nc2ncc(Br)cc2n2cnnc12. The molecular weight excluding hydrogens is 382 g/mol. The van der Waals surface area contributed by atoms with Crippen molar-refractivity contribution >= 4 is 38.6 Å². The molecular formula is C17H16BrN7. The first-order valence-electron chi connectivity index (χ1n) is 7.93. The van der Waals surface area contributed by atoms with Crippen LogP contribution in [0.15, 0.2) is 58.9 Å². The maximum absolute atomic E-state index is 4.78. The van der Waals surface area contributed by atoms with Crippen molar-refractivity contribution in [2.45, 2.75) is 13.3 Å². The Bertz CT molecular complexity index is 1050. The summed E-state index contributed by atoms with van der Waals surface area (Å²) in [5, 5.41) is 11.6. The smallest absolute Gasteiger partial charge is 0.205 e. The summed E-state index contributed by atoms with van der Waals surface area (Å²) in [6.45, 7) is 2.12. The molecule has 4 rings (SSSR count). The van der Waals surface area contributed by atoms with Crippen LogP contribution in [0.4, 0.5) is 5.82 Å². The quantitative estimate of drug-likeness (QED) is 0.731. The summed E-state index contributed by atoms with van der Waals surface area (Å²) in [7, 11) is 1.92. The van der Waals surface area contributed by atoms with Crippen LogP contribution in [0.25, 0.3) is 16.8 Å². The molecule has 0 aliphatic carbocycles. The van der Waals surface area contributed by atoms with Crippen LogP contribution in [0, 0.1) is 0 Å². The average Bonchev–Trinajstić information content (AvgIpc) is 3.02. The molecule has 0 unspecified atom stereocenters. The van der Waals surface area contributed by atoms with Crippen molar-refractivity contribution in [1.82, 2.24) is 29.9 Å². The van der Waals surface area contributed by atoms with E-state index in [4.69, 9.17) is 4.98 Å². The molecule has 126 valence electrons. The summed E-state index contributed by atoms with van der Waals surface area (Å²) in [6, 6.07) is 1.96. The third-order valence-corrected chi connectivity index (χ3v) is 4.51. The Labute approximate surface area is 152 Å². The summed E-state index contributed by atoms with van der Waals surface area (Å²) >= 11 is 3.46. The molecule has 3 aromatic heterocycles. The molecule has 0 fully saturated rings. The van der Waals surface area contributed by atoms with Gasteiger partial charge in [0.15, 0.2) is 11.5 Å². The predicted molar refractivity (Wildman–Crippen MR) is 101 cm³/mol. The van der Waals surface area contributed by atoms with E-state index in [0.717, 1.165) is 27.8 Å². The highest BCUT2D eigenvalue weighted by molar-refractivity contribution is 9.10.